The van der Waals surface area contributed by atoms with Crippen molar-refractivity contribution in [3.8, 4) is 0 Å². The summed E-state index contributed by atoms with van der Waals surface area (Å²) in [7, 11) is 0. The van der Waals surface area contributed by atoms with Crippen molar-refractivity contribution in [2.24, 2.45) is 5.41 Å². The number of nitrogens with one attached hydrogen (secondary N) is 1. The molecule has 2 rings (SSSR count). The molecule has 1 saturated carbocycles. The molecule has 1 aromatic heterocycles. The average molecular weight is 249 g/mol. The van der Waals surface area contributed by atoms with E-state index in [1.807, 2.05) is 13.0 Å². The Bertz CT molecular complexity index is 400. The van der Waals surface area contributed by atoms with E-state index in [2.05, 4.69) is 10.3 Å². The number of nitrogens with zero attached hydrogens (tertiary/aromatic N) is 1. The van der Waals surface area contributed by atoms with Crippen LogP contribution in [0.5, 0.6) is 0 Å². The molecular formula is C14H23N3O. The van der Waals surface area contributed by atoms with Gasteiger partial charge in [0.05, 0.1) is 12.3 Å². The van der Waals surface area contributed by atoms with Gasteiger partial charge < -0.3 is 16.2 Å². The van der Waals surface area contributed by atoms with Gasteiger partial charge in [-0.3, -0.25) is 0 Å². The van der Waals surface area contributed by atoms with E-state index in [-0.39, 0.29) is 12.0 Å². The molecule has 1 aromatic rings. The zero-order chi connectivity index (χ0) is 13.0. The minimum absolute atomic E-state index is 0.0100. The van der Waals surface area contributed by atoms with Crippen LogP contribution in [-0.2, 0) is 0 Å². The van der Waals surface area contributed by atoms with Crippen molar-refractivity contribution in [2.75, 3.05) is 24.2 Å². The number of rotatable bonds is 4. The quantitative estimate of drug-likeness (QED) is 0.766. The van der Waals surface area contributed by atoms with Crippen LogP contribution < -0.4 is 11.1 Å². The second kappa shape index (κ2) is 5.57. The van der Waals surface area contributed by atoms with Gasteiger partial charge in [0.15, 0.2) is 0 Å². The molecule has 100 valence electrons. The Morgan fingerprint density at radius 1 is 1.39 bits per heavy atom. The van der Waals surface area contributed by atoms with Gasteiger partial charge in [0.1, 0.15) is 5.82 Å². The monoisotopic (exact) mass is 249 g/mol. The van der Waals surface area contributed by atoms with Crippen molar-refractivity contribution < 1.29 is 5.11 Å². The van der Waals surface area contributed by atoms with Crippen LogP contribution in [0.3, 0.4) is 0 Å². The topological polar surface area (TPSA) is 71.2 Å². The molecule has 4 nitrogen and oxygen atoms in total. The lowest BCUT2D eigenvalue weighted by Gasteiger charge is -2.36. The van der Waals surface area contributed by atoms with Crippen molar-refractivity contribution in [3.05, 3.63) is 17.8 Å². The van der Waals surface area contributed by atoms with Crippen LogP contribution in [0.2, 0.25) is 0 Å². The molecule has 0 saturated heterocycles. The van der Waals surface area contributed by atoms with Gasteiger partial charge in [-0.05, 0) is 31.4 Å². The first-order valence-corrected chi connectivity index (χ1v) is 6.73. The summed E-state index contributed by atoms with van der Waals surface area (Å²) in [5.74, 6) is 0.744. The summed E-state index contributed by atoms with van der Waals surface area (Å²) >= 11 is 0. The zero-order valence-corrected chi connectivity index (χ0v) is 11.1. The maximum atomic E-state index is 9.65. The van der Waals surface area contributed by atoms with E-state index in [4.69, 9.17) is 5.73 Å². The Balaban J connectivity index is 2.03. The molecule has 18 heavy (non-hydrogen) atoms. The number of aromatic nitrogens is 1. The van der Waals surface area contributed by atoms with Crippen molar-refractivity contribution in [1.82, 2.24) is 4.98 Å². The van der Waals surface area contributed by atoms with E-state index in [0.29, 0.717) is 5.69 Å². The van der Waals surface area contributed by atoms with Gasteiger partial charge >= 0.3 is 0 Å². The zero-order valence-electron chi connectivity index (χ0n) is 11.1. The number of aliphatic hydroxyl groups is 1. The normalized spacial score (nSPS) is 18.6. The summed E-state index contributed by atoms with van der Waals surface area (Å²) in [4.78, 5) is 4.27. The van der Waals surface area contributed by atoms with Crippen molar-refractivity contribution >= 4 is 11.5 Å². The van der Waals surface area contributed by atoms with E-state index < -0.39 is 0 Å². The maximum Gasteiger partial charge on any atom is 0.149 e. The first-order valence-electron chi connectivity index (χ1n) is 6.73. The van der Waals surface area contributed by atoms with Crippen LogP contribution in [0, 0.1) is 12.3 Å². The number of anilines is 2. The molecule has 0 unspecified atom stereocenters. The molecule has 4 N–H and O–H groups in total. The molecule has 0 spiro atoms. The molecule has 0 aromatic carbocycles. The van der Waals surface area contributed by atoms with E-state index in [1.165, 1.54) is 19.3 Å². The molecule has 0 aliphatic heterocycles. The standard InChI is InChI=1S/C14H23N3O/c1-11-5-8-16-13(12(11)15)17-9-14(10-18)6-3-2-4-7-14/h5,8,18H,2-4,6-7,9-10,15H2,1H3,(H,16,17). The third kappa shape index (κ3) is 2.75. The fraction of sp³-hybridized carbons (Fsp3) is 0.643. The third-order valence-corrected chi connectivity index (χ3v) is 4.09. The molecule has 4 heteroatoms. The molecule has 1 aliphatic rings. The largest absolute Gasteiger partial charge is 0.396 e. The number of aliphatic hydroxyl groups excluding tert-OH is 1. The lowest BCUT2D eigenvalue weighted by atomic mass is 9.74. The molecule has 0 amide bonds. The summed E-state index contributed by atoms with van der Waals surface area (Å²) in [6, 6.07) is 1.91. The van der Waals surface area contributed by atoms with E-state index in [9.17, 15) is 5.11 Å². The Labute approximate surface area is 109 Å². The second-order valence-corrected chi connectivity index (χ2v) is 5.46. The summed E-state index contributed by atoms with van der Waals surface area (Å²) in [5, 5.41) is 13.0. The number of nitrogens with two attached hydrogens (primary N) is 1. The van der Waals surface area contributed by atoms with Crippen molar-refractivity contribution in [1.29, 1.82) is 0 Å². The highest BCUT2D eigenvalue weighted by Gasteiger charge is 2.31. The van der Waals surface area contributed by atoms with Crippen LogP contribution in [0.4, 0.5) is 11.5 Å². The number of hydrogen-bond donors (Lipinski definition) is 3. The summed E-state index contributed by atoms with van der Waals surface area (Å²) in [6.07, 6.45) is 7.63. The highest BCUT2D eigenvalue weighted by molar-refractivity contribution is 5.64. The lowest BCUT2D eigenvalue weighted by molar-refractivity contribution is 0.0943. The summed E-state index contributed by atoms with van der Waals surface area (Å²) in [5.41, 5.74) is 7.75. The predicted molar refractivity (Wildman–Crippen MR) is 74.5 cm³/mol. The van der Waals surface area contributed by atoms with E-state index in [1.54, 1.807) is 6.20 Å². The molecule has 0 atom stereocenters. The van der Waals surface area contributed by atoms with Crippen molar-refractivity contribution in [2.45, 2.75) is 39.0 Å². The first-order chi connectivity index (χ1) is 8.67. The highest BCUT2D eigenvalue weighted by atomic mass is 16.3. The van der Waals surface area contributed by atoms with E-state index >= 15 is 0 Å². The third-order valence-electron chi connectivity index (χ3n) is 4.09. The van der Waals surface area contributed by atoms with E-state index in [0.717, 1.165) is 30.8 Å². The van der Waals surface area contributed by atoms with Crippen molar-refractivity contribution in [3.63, 3.8) is 0 Å². The summed E-state index contributed by atoms with van der Waals surface area (Å²) < 4.78 is 0. The van der Waals surface area contributed by atoms with Crippen LogP contribution in [0.15, 0.2) is 12.3 Å². The lowest BCUT2D eigenvalue weighted by Crippen LogP contribution is -2.35. The summed E-state index contributed by atoms with van der Waals surface area (Å²) in [6.45, 7) is 2.97. The Hall–Kier alpha value is -1.29. The van der Waals surface area contributed by atoms with Gasteiger partial charge in [0, 0.05) is 18.2 Å². The van der Waals surface area contributed by atoms with Gasteiger partial charge in [0.25, 0.3) is 0 Å². The van der Waals surface area contributed by atoms with Crippen LogP contribution in [-0.4, -0.2) is 23.2 Å². The highest BCUT2D eigenvalue weighted by Crippen LogP contribution is 2.36. The fourth-order valence-electron chi connectivity index (χ4n) is 2.67. The second-order valence-electron chi connectivity index (χ2n) is 5.46. The Morgan fingerprint density at radius 3 is 2.78 bits per heavy atom. The Morgan fingerprint density at radius 2 is 2.11 bits per heavy atom. The molecule has 1 fully saturated rings. The number of pyridine rings is 1. The SMILES string of the molecule is Cc1ccnc(NCC2(CO)CCCCC2)c1N. The Kier molecular flexibility index (Phi) is 4.07. The molecule has 0 bridgehead atoms. The minimum Gasteiger partial charge on any atom is -0.396 e. The number of aryl methyl sites for hydroxylation is 1. The van der Waals surface area contributed by atoms with Crippen LogP contribution in [0.25, 0.3) is 0 Å². The fourth-order valence-corrected chi connectivity index (χ4v) is 2.67. The van der Waals surface area contributed by atoms with Crippen LogP contribution in [0.1, 0.15) is 37.7 Å². The molecule has 1 aliphatic carbocycles. The molecule has 0 radical (unpaired) electrons. The number of nitrogen functional groups attached to an aromatic ring is 1. The van der Waals surface area contributed by atoms with Gasteiger partial charge in [-0.1, -0.05) is 19.3 Å². The smallest absolute Gasteiger partial charge is 0.149 e. The first kappa shape index (κ1) is 13.1. The van der Waals surface area contributed by atoms with Crippen LogP contribution >= 0.6 is 0 Å². The van der Waals surface area contributed by atoms with Gasteiger partial charge in [-0.15, -0.1) is 0 Å². The number of hydrogen-bond acceptors (Lipinski definition) is 4. The molecule has 1 heterocycles. The van der Waals surface area contributed by atoms with Gasteiger partial charge in [0.2, 0.25) is 0 Å². The minimum atomic E-state index is 0.0100. The van der Waals surface area contributed by atoms with Gasteiger partial charge in [-0.25, -0.2) is 4.98 Å². The maximum absolute atomic E-state index is 9.65. The van der Waals surface area contributed by atoms with Gasteiger partial charge in [-0.2, -0.15) is 0 Å². The predicted octanol–water partition coefficient (Wildman–Crippen LogP) is 2.33. The average Bonchev–Trinajstić information content (AvgIpc) is 2.41. The molecular weight excluding hydrogens is 226 g/mol.